The monoisotopic (exact) mass is 376 g/mol. The maximum absolute atomic E-state index is 13.5. The summed E-state index contributed by atoms with van der Waals surface area (Å²) in [4.78, 5) is 1.87. The first-order valence-corrected chi connectivity index (χ1v) is 10.5. The summed E-state index contributed by atoms with van der Waals surface area (Å²) in [5, 5.41) is 4.65. The zero-order valence-corrected chi connectivity index (χ0v) is 15.9. The van der Waals surface area contributed by atoms with E-state index < -0.39 is 10.8 Å². The zero-order valence-electron chi connectivity index (χ0n) is 15.1. The normalized spacial score (nSPS) is 14.9. The molecule has 0 N–H and O–H groups in total. The lowest BCUT2D eigenvalue weighted by Gasteiger charge is -2.11. The molecule has 0 saturated carbocycles. The van der Waals surface area contributed by atoms with E-state index in [2.05, 4.69) is 78.9 Å². The molecule has 1 atom stereocenters. The lowest BCUT2D eigenvalue weighted by atomic mass is 9.92. The van der Waals surface area contributed by atoms with Crippen molar-refractivity contribution in [2.24, 2.45) is 0 Å². The lowest BCUT2D eigenvalue weighted by molar-refractivity contribution is 0.685. The molecule has 5 aromatic carbocycles. The van der Waals surface area contributed by atoms with Gasteiger partial charge in [-0.1, -0.05) is 84.9 Å². The predicted octanol–water partition coefficient (Wildman–Crippen LogP) is 6.81. The van der Waals surface area contributed by atoms with Crippen molar-refractivity contribution in [2.45, 2.75) is 9.79 Å². The summed E-state index contributed by atoms with van der Waals surface area (Å²) in [5.74, 6) is 0. The van der Waals surface area contributed by atoms with E-state index in [1.54, 1.807) is 0 Å². The maximum atomic E-state index is 13.5. The standard InChI is InChI=1S/C26H16OS/c27-28-24-15-14-18(17-8-2-1-3-9-17)16-23(24)25-21-12-6-4-10-19(21)20-11-5-7-13-22(20)26(25)28/h1-16H. The highest BCUT2D eigenvalue weighted by Gasteiger charge is 2.30. The first-order chi connectivity index (χ1) is 13.8. The molecule has 0 fully saturated rings. The second-order valence-electron chi connectivity index (χ2n) is 7.14. The Balaban J connectivity index is 1.76. The molecule has 0 aromatic heterocycles. The topological polar surface area (TPSA) is 17.1 Å². The minimum atomic E-state index is -1.17. The molecule has 0 saturated heterocycles. The predicted molar refractivity (Wildman–Crippen MR) is 117 cm³/mol. The molecule has 0 radical (unpaired) electrons. The summed E-state index contributed by atoms with van der Waals surface area (Å²) in [5.41, 5.74) is 4.55. The van der Waals surface area contributed by atoms with E-state index in [1.807, 2.05) is 18.2 Å². The third-order valence-electron chi connectivity index (χ3n) is 5.63. The van der Waals surface area contributed by atoms with Crippen LogP contribution in [-0.4, -0.2) is 4.21 Å². The van der Waals surface area contributed by atoms with Gasteiger partial charge in [-0.15, -0.1) is 0 Å². The fraction of sp³-hybridized carbons (Fsp3) is 0. The van der Waals surface area contributed by atoms with Gasteiger partial charge in [0.25, 0.3) is 0 Å². The van der Waals surface area contributed by atoms with Crippen LogP contribution in [0.5, 0.6) is 0 Å². The van der Waals surface area contributed by atoms with Crippen molar-refractivity contribution in [3.05, 3.63) is 97.1 Å². The van der Waals surface area contributed by atoms with Crippen LogP contribution >= 0.6 is 0 Å². The van der Waals surface area contributed by atoms with Crippen molar-refractivity contribution in [1.29, 1.82) is 0 Å². The van der Waals surface area contributed by atoms with Crippen LogP contribution in [0.3, 0.4) is 0 Å². The van der Waals surface area contributed by atoms with Gasteiger partial charge in [-0.2, -0.15) is 0 Å². The van der Waals surface area contributed by atoms with Gasteiger partial charge in [0, 0.05) is 11.1 Å². The van der Waals surface area contributed by atoms with E-state index in [-0.39, 0.29) is 0 Å². The molecule has 2 heteroatoms. The SMILES string of the molecule is O=S1c2ccc(-c3ccccc3)cc2-c2c1c1ccccc1c1ccccc21. The molecule has 5 aromatic rings. The van der Waals surface area contributed by atoms with Gasteiger partial charge in [-0.3, -0.25) is 0 Å². The van der Waals surface area contributed by atoms with E-state index >= 15 is 0 Å². The highest BCUT2D eigenvalue weighted by Crippen LogP contribution is 2.49. The van der Waals surface area contributed by atoms with Gasteiger partial charge in [0.05, 0.1) is 20.6 Å². The van der Waals surface area contributed by atoms with Gasteiger partial charge in [-0.05, 0) is 44.8 Å². The molecule has 1 aliphatic heterocycles. The second kappa shape index (κ2) is 5.88. The summed E-state index contributed by atoms with van der Waals surface area (Å²) < 4.78 is 13.5. The average molecular weight is 376 g/mol. The maximum Gasteiger partial charge on any atom is 0.0868 e. The van der Waals surface area contributed by atoms with Gasteiger partial charge in [0.2, 0.25) is 0 Å². The molecule has 1 heterocycles. The highest BCUT2D eigenvalue weighted by atomic mass is 32.2. The van der Waals surface area contributed by atoms with Crippen LogP contribution in [0.2, 0.25) is 0 Å². The number of rotatable bonds is 1. The third kappa shape index (κ3) is 2.10. The Morgan fingerprint density at radius 1 is 0.536 bits per heavy atom. The summed E-state index contributed by atoms with van der Waals surface area (Å²) in [6, 6.07) is 33.5. The van der Waals surface area contributed by atoms with Crippen LogP contribution in [0.15, 0.2) is 107 Å². The third-order valence-corrected chi connectivity index (χ3v) is 7.18. The molecule has 1 unspecified atom stereocenters. The van der Waals surface area contributed by atoms with Crippen LogP contribution in [0.25, 0.3) is 43.8 Å². The zero-order chi connectivity index (χ0) is 18.7. The Hall–Kier alpha value is -3.23. The van der Waals surface area contributed by atoms with Crippen LogP contribution in [0, 0.1) is 0 Å². The van der Waals surface area contributed by atoms with Crippen LogP contribution < -0.4 is 0 Å². The summed E-state index contributed by atoms with van der Waals surface area (Å²) in [6.45, 7) is 0. The molecule has 28 heavy (non-hydrogen) atoms. The largest absolute Gasteiger partial charge is 0.249 e. The quantitative estimate of drug-likeness (QED) is 0.288. The summed E-state index contributed by atoms with van der Waals surface area (Å²) in [7, 11) is -1.17. The van der Waals surface area contributed by atoms with Crippen LogP contribution in [0.1, 0.15) is 0 Å². The number of hydrogen-bond donors (Lipinski definition) is 0. The Morgan fingerprint density at radius 2 is 1.14 bits per heavy atom. The van der Waals surface area contributed by atoms with Gasteiger partial charge >= 0.3 is 0 Å². The molecule has 1 aliphatic rings. The molecular weight excluding hydrogens is 360 g/mol. The first-order valence-electron chi connectivity index (χ1n) is 9.38. The molecule has 0 bridgehead atoms. The number of fused-ring (bicyclic) bond motifs is 8. The Kier molecular flexibility index (Phi) is 3.32. The van der Waals surface area contributed by atoms with Crippen molar-refractivity contribution >= 4 is 32.3 Å². The van der Waals surface area contributed by atoms with Crippen molar-refractivity contribution in [3.63, 3.8) is 0 Å². The van der Waals surface area contributed by atoms with Crippen LogP contribution in [-0.2, 0) is 10.8 Å². The summed E-state index contributed by atoms with van der Waals surface area (Å²) >= 11 is 0. The molecule has 0 aliphatic carbocycles. The Labute approximate surface area is 165 Å². The minimum absolute atomic E-state index is 0.913. The van der Waals surface area contributed by atoms with Crippen molar-refractivity contribution in [2.75, 3.05) is 0 Å². The second-order valence-corrected chi connectivity index (χ2v) is 8.53. The van der Waals surface area contributed by atoms with Crippen LogP contribution in [0.4, 0.5) is 0 Å². The van der Waals surface area contributed by atoms with Crippen molar-refractivity contribution < 1.29 is 4.21 Å². The van der Waals surface area contributed by atoms with Crippen molar-refractivity contribution in [3.8, 4) is 22.3 Å². The van der Waals surface area contributed by atoms with E-state index in [0.29, 0.717) is 0 Å². The van der Waals surface area contributed by atoms with Gasteiger partial charge < -0.3 is 0 Å². The Morgan fingerprint density at radius 3 is 1.89 bits per heavy atom. The van der Waals surface area contributed by atoms with E-state index in [0.717, 1.165) is 31.9 Å². The molecule has 0 amide bonds. The molecule has 6 rings (SSSR count). The lowest BCUT2D eigenvalue weighted by Crippen LogP contribution is -1.89. The minimum Gasteiger partial charge on any atom is -0.249 e. The molecule has 1 nitrogen and oxygen atoms in total. The van der Waals surface area contributed by atoms with Gasteiger partial charge in [0.15, 0.2) is 0 Å². The molecular formula is C26H16OS. The highest BCUT2D eigenvalue weighted by molar-refractivity contribution is 7.86. The first kappa shape index (κ1) is 15.8. The smallest absolute Gasteiger partial charge is 0.0868 e. The fourth-order valence-electron chi connectivity index (χ4n) is 4.38. The number of benzene rings is 5. The van der Waals surface area contributed by atoms with Gasteiger partial charge in [-0.25, -0.2) is 4.21 Å². The average Bonchev–Trinajstić information content (AvgIpc) is 3.07. The number of hydrogen-bond acceptors (Lipinski definition) is 1. The molecule has 132 valence electrons. The van der Waals surface area contributed by atoms with Gasteiger partial charge in [0.1, 0.15) is 0 Å². The Bertz CT molecular complexity index is 1420. The summed E-state index contributed by atoms with van der Waals surface area (Å²) in [6.07, 6.45) is 0. The van der Waals surface area contributed by atoms with Crippen molar-refractivity contribution in [1.82, 2.24) is 0 Å². The van der Waals surface area contributed by atoms with E-state index in [1.165, 1.54) is 21.7 Å². The molecule has 0 spiro atoms. The van der Waals surface area contributed by atoms with E-state index in [4.69, 9.17) is 0 Å². The van der Waals surface area contributed by atoms with E-state index in [9.17, 15) is 4.21 Å². The fourth-order valence-corrected chi connectivity index (χ4v) is 5.93.